The Bertz CT molecular complexity index is 248. The third kappa shape index (κ3) is 1.97. The van der Waals surface area contributed by atoms with Crippen LogP contribution in [0.25, 0.3) is 0 Å². The molecule has 62 valence electrons. The zero-order chi connectivity index (χ0) is 8.65. The van der Waals surface area contributed by atoms with Gasteiger partial charge in [0.2, 0.25) is 0 Å². The molecule has 0 aliphatic carbocycles. The van der Waals surface area contributed by atoms with Gasteiger partial charge in [-0.2, -0.15) is 0 Å². The molecule has 1 aromatic rings. The van der Waals surface area contributed by atoms with Gasteiger partial charge in [-0.15, -0.1) is 10.2 Å². The Balaban J connectivity index is 3.08. The summed E-state index contributed by atoms with van der Waals surface area (Å²) in [5.74, 6) is 0. The van der Waals surface area contributed by atoms with Gasteiger partial charge in [-0.3, -0.25) is 0 Å². The zero-order valence-corrected chi connectivity index (χ0v) is 8.11. The van der Waals surface area contributed by atoms with Gasteiger partial charge in [0.15, 0.2) is 9.21 Å². The minimum Gasteiger partial charge on any atom is -0.323 e. The van der Waals surface area contributed by atoms with Crippen LogP contribution < -0.4 is 0 Å². The first-order valence-electron chi connectivity index (χ1n) is 2.37. The first-order valence-corrected chi connectivity index (χ1v) is 3.96. The molecule has 1 heterocycles. The van der Waals surface area contributed by atoms with Gasteiger partial charge in [0.1, 0.15) is 0 Å². The molecule has 0 spiro atoms. The second-order valence-corrected chi connectivity index (χ2v) is 3.17. The standard InChI is InChI=1S/C3H3Br2N3O3/c4-1-2(5)7-8(6-1)3(9,10)11/h9-11H. The molecule has 0 radical (unpaired) electrons. The fourth-order valence-electron chi connectivity index (χ4n) is 0.405. The van der Waals surface area contributed by atoms with Crippen molar-refractivity contribution < 1.29 is 15.3 Å². The van der Waals surface area contributed by atoms with E-state index in [4.69, 9.17) is 15.3 Å². The van der Waals surface area contributed by atoms with Crippen LogP contribution in [0.1, 0.15) is 0 Å². The number of hydrogen-bond donors (Lipinski definition) is 3. The Morgan fingerprint density at radius 3 is 1.64 bits per heavy atom. The van der Waals surface area contributed by atoms with Gasteiger partial charge in [0.25, 0.3) is 0 Å². The maximum absolute atomic E-state index is 8.53. The van der Waals surface area contributed by atoms with Crippen molar-refractivity contribution in [1.82, 2.24) is 15.0 Å². The van der Waals surface area contributed by atoms with E-state index in [9.17, 15) is 0 Å². The lowest BCUT2D eigenvalue weighted by Gasteiger charge is -2.10. The molecule has 0 amide bonds. The van der Waals surface area contributed by atoms with Crippen LogP contribution >= 0.6 is 31.9 Å². The highest BCUT2D eigenvalue weighted by Crippen LogP contribution is 2.18. The van der Waals surface area contributed by atoms with Crippen LogP contribution in [-0.4, -0.2) is 30.3 Å². The quantitative estimate of drug-likeness (QED) is 0.597. The van der Waals surface area contributed by atoms with E-state index in [1.165, 1.54) is 0 Å². The first-order chi connectivity index (χ1) is 4.91. The van der Waals surface area contributed by atoms with Crippen molar-refractivity contribution in [3.8, 4) is 0 Å². The second-order valence-electron chi connectivity index (χ2n) is 1.67. The van der Waals surface area contributed by atoms with E-state index in [-0.39, 0.29) is 9.21 Å². The third-order valence-electron chi connectivity index (χ3n) is 0.804. The normalized spacial score (nSPS) is 12.1. The highest BCUT2D eigenvalue weighted by atomic mass is 79.9. The molecule has 0 atom stereocenters. The molecular formula is C3H3Br2N3O3. The molecule has 0 aliphatic heterocycles. The van der Waals surface area contributed by atoms with Crippen LogP contribution in [0.5, 0.6) is 0 Å². The van der Waals surface area contributed by atoms with Crippen molar-refractivity contribution in [3.63, 3.8) is 0 Å². The van der Waals surface area contributed by atoms with Crippen LogP contribution in [-0.2, 0) is 6.10 Å². The minimum absolute atomic E-state index is 0.263. The third-order valence-corrected chi connectivity index (χ3v) is 2.40. The van der Waals surface area contributed by atoms with Gasteiger partial charge < -0.3 is 15.3 Å². The Kier molecular flexibility index (Phi) is 2.30. The second kappa shape index (κ2) is 2.79. The molecular weight excluding hydrogens is 286 g/mol. The average Bonchev–Trinajstić information content (AvgIpc) is 2.11. The number of nitrogens with zero attached hydrogens (tertiary/aromatic N) is 3. The van der Waals surface area contributed by atoms with E-state index in [2.05, 4.69) is 42.1 Å². The van der Waals surface area contributed by atoms with Gasteiger partial charge in [0, 0.05) is 0 Å². The SMILES string of the molecule is OC(O)(O)n1nc(Br)c(Br)n1. The summed E-state index contributed by atoms with van der Waals surface area (Å²) in [5.41, 5.74) is 0. The lowest BCUT2D eigenvalue weighted by atomic mass is 11.0. The maximum Gasteiger partial charge on any atom is 0.405 e. The molecule has 6 nitrogen and oxygen atoms in total. The summed E-state index contributed by atoms with van der Waals surface area (Å²) in [6, 6.07) is 0. The number of aliphatic hydroxyl groups is 3. The zero-order valence-electron chi connectivity index (χ0n) is 4.94. The summed E-state index contributed by atoms with van der Waals surface area (Å²) in [7, 11) is 0. The highest BCUT2D eigenvalue weighted by Gasteiger charge is 2.25. The topological polar surface area (TPSA) is 91.4 Å². The molecule has 0 aliphatic rings. The van der Waals surface area contributed by atoms with E-state index in [1.807, 2.05) is 0 Å². The molecule has 0 unspecified atom stereocenters. The molecule has 0 saturated heterocycles. The number of hydrogen-bond acceptors (Lipinski definition) is 5. The van der Waals surface area contributed by atoms with Crippen molar-refractivity contribution in [2.45, 2.75) is 6.10 Å². The van der Waals surface area contributed by atoms with Crippen LogP contribution in [0, 0.1) is 0 Å². The average molecular weight is 289 g/mol. The van der Waals surface area contributed by atoms with E-state index >= 15 is 0 Å². The lowest BCUT2D eigenvalue weighted by Crippen LogP contribution is -2.34. The van der Waals surface area contributed by atoms with E-state index in [0.717, 1.165) is 0 Å². The molecule has 0 aromatic carbocycles. The fraction of sp³-hybridized carbons (Fsp3) is 0.333. The summed E-state index contributed by atoms with van der Waals surface area (Å²) >= 11 is 5.87. The molecule has 11 heavy (non-hydrogen) atoms. The molecule has 0 fully saturated rings. The van der Waals surface area contributed by atoms with E-state index < -0.39 is 6.10 Å². The highest BCUT2D eigenvalue weighted by molar-refractivity contribution is 9.13. The van der Waals surface area contributed by atoms with Crippen molar-refractivity contribution >= 4 is 31.9 Å². The Morgan fingerprint density at radius 1 is 1.09 bits per heavy atom. The van der Waals surface area contributed by atoms with Crippen LogP contribution in [0.4, 0.5) is 0 Å². The smallest absolute Gasteiger partial charge is 0.323 e. The largest absolute Gasteiger partial charge is 0.405 e. The van der Waals surface area contributed by atoms with Gasteiger partial charge >= 0.3 is 6.10 Å². The van der Waals surface area contributed by atoms with Crippen molar-refractivity contribution in [3.05, 3.63) is 9.21 Å². The summed E-state index contributed by atoms with van der Waals surface area (Å²) in [6.07, 6.45) is -3.06. The van der Waals surface area contributed by atoms with Gasteiger partial charge in [-0.05, 0) is 31.9 Å². The first kappa shape index (κ1) is 9.07. The van der Waals surface area contributed by atoms with Gasteiger partial charge in [0.05, 0.1) is 0 Å². The van der Waals surface area contributed by atoms with Gasteiger partial charge in [-0.1, -0.05) is 4.80 Å². The summed E-state index contributed by atoms with van der Waals surface area (Å²) in [6.45, 7) is 0. The van der Waals surface area contributed by atoms with Crippen molar-refractivity contribution in [2.75, 3.05) is 0 Å². The Morgan fingerprint density at radius 2 is 1.45 bits per heavy atom. The van der Waals surface area contributed by atoms with Crippen molar-refractivity contribution in [1.29, 1.82) is 0 Å². The van der Waals surface area contributed by atoms with Crippen molar-refractivity contribution in [2.24, 2.45) is 0 Å². The van der Waals surface area contributed by atoms with Crippen LogP contribution in [0.2, 0.25) is 0 Å². The molecule has 3 N–H and O–H groups in total. The molecule has 0 bridgehead atoms. The van der Waals surface area contributed by atoms with Gasteiger partial charge in [-0.25, -0.2) is 0 Å². The number of aromatic nitrogens is 3. The minimum atomic E-state index is -3.06. The predicted molar refractivity (Wildman–Crippen MR) is 40.1 cm³/mol. The maximum atomic E-state index is 8.53. The van der Waals surface area contributed by atoms with Crippen LogP contribution in [0.3, 0.4) is 0 Å². The summed E-state index contributed by atoms with van der Waals surface area (Å²) < 4.78 is 0.526. The van der Waals surface area contributed by atoms with Crippen LogP contribution in [0.15, 0.2) is 9.21 Å². The van der Waals surface area contributed by atoms with E-state index in [1.54, 1.807) is 0 Å². The molecule has 1 rings (SSSR count). The lowest BCUT2D eigenvalue weighted by molar-refractivity contribution is -0.387. The molecule has 1 aromatic heterocycles. The monoisotopic (exact) mass is 287 g/mol. The molecule has 0 saturated carbocycles. The Labute approximate surface area is 77.7 Å². The Hall–Kier alpha value is -0.0200. The summed E-state index contributed by atoms with van der Waals surface area (Å²) in [4.78, 5) is 0.334. The van der Waals surface area contributed by atoms with E-state index in [0.29, 0.717) is 4.80 Å². The molecule has 8 heteroatoms. The number of rotatable bonds is 1. The number of halogens is 2. The predicted octanol–water partition coefficient (Wildman–Crippen LogP) is -0.652. The summed E-state index contributed by atoms with van der Waals surface area (Å²) in [5, 5.41) is 32.4. The fourth-order valence-corrected chi connectivity index (χ4v) is 0.864.